The fourth-order valence-corrected chi connectivity index (χ4v) is 7.10. The van der Waals surface area contributed by atoms with E-state index in [0.717, 1.165) is 28.4 Å². The van der Waals surface area contributed by atoms with Gasteiger partial charge >= 0.3 is 0 Å². The molecule has 0 bridgehead atoms. The van der Waals surface area contributed by atoms with Crippen LogP contribution in [0.1, 0.15) is 33.4 Å². The van der Waals surface area contributed by atoms with E-state index >= 15 is 0 Å². The number of rotatable bonds is 7. The maximum atomic E-state index is 5.10. The molecular formula is C44H40N4. The molecule has 0 spiro atoms. The van der Waals surface area contributed by atoms with Crippen LogP contribution in [0.5, 0.6) is 0 Å². The van der Waals surface area contributed by atoms with Gasteiger partial charge in [0.2, 0.25) is 0 Å². The van der Waals surface area contributed by atoms with Crippen molar-refractivity contribution in [2.24, 2.45) is 0 Å². The summed E-state index contributed by atoms with van der Waals surface area (Å²) in [5.74, 6) is 1.50. The molecular weight excluding hydrogens is 585 g/mol. The van der Waals surface area contributed by atoms with Crippen LogP contribution in [0.2, 0.25) is 0 Å². The second-order valence-electron chi connectivity index (χ2n) is 12.8. The highest BCUT2D eigenvalue weighted by Gasteiger charge is 2.22. The lowest BCUT2D eigenvalue weighted by molar-refractivity contribution is 1.12. The van der Waals surface area contributed by atoms with Crippen LogP contribution in [0, 0.1) is 41.5 Å². The lowest BCUT2D eigenvalue weighted by atomic mass is 9.98. The number of nitrogens with zero attached hydrogens (tertiary/aromatic N) is 4. The molecule has 1 heterocycles. The largest absolute Gasteiger partial charge is 0.309 e. The molecule has 0 saturated carbocycles. The quantitative estimate of drug-likeness (QED) is 0.177. The van der Waals surface area contributed by atoms with Crippen molar-refractivity contribution >= 4 is 45.0 Å². The molecule has 0 N–H and O–H groups in total. The number of aryl methyl sites for hydroxylation is 6. The van der Waals surface area contributed by atoms with Gasteiger partial charge in [-0.15, -0.1) is 0 Å². The van der Waals surface area contributed by atoms with Crippen molar-refractivity contribution in [3.05, 3.63) is 167 Å². The molecule has 1 aromatic heterocycles. The fourth-order valence-electron chi connectivity index (χ4n) is 7.10. The van der Waals surface area contributed by atoms with Crippen LogP contribution in [-0.4, -0.2) is 9.97 Å². The van der Waals surface area contributed by atoms with Gasteiger partial charge in [0.1, 0.15) is 5.82 Å². The summed E-state index contributed by atoms with van der Waals surface area (Å²) in [5.41, 5.74) is 14.1. The predicted molar refractivity (Wildman–Crippen MR) is 203 cm³/mol. The molecule has 0 amide bonds. The van der Waals surface area contributed by atoms with Crippen LogP contribution >= 0.6 is 0 Å². The van der Waals surface area contributed by atoms with Crippen LogP contribution in [0.25, 0.3) is 22.2 Å². The summed E-state index contributed by atoms with van der Waals surface area (Å²) >= 11 is 0. The molecule has 0 fully saturated rings. The first-order chi connectivity index (χ1) is 23.3. The summed E-state index contributed by atoms with van der Waals surface area (Å²) in [4.78, 5) is 14.4. The Balaban J connectivity index is 1.39. The van der Waals surface area contributed by atoms with Crippen molar-refractivity contribution in [1.29, 1.82) is 0 Å². The highest BCUT2D eigenvalue weighted by Crippen LogP contribution is 2.44. The Morgan fingerprint density at radius 2 is 0.938 bits per heavy atom. The number of anilines is 6. The zero-order valence-corrected chi connectivity index (χ0v) is 28.5. The van der Waals surface area contributed by atoms with Gasteiger partial charge in [0, 0.05) is 28.8 Å². The Kier molecular flexibility index (Phi) is 8.24. The van der Waals surface area contributed by atoms with Crippen molar-refractivity contribution in [3.8, 4) is 11.4 Å². The fraction of sp³-hybridized carbons (Fsp3) is 0.136. The van der Waals surface area contributed by atoms with Crippen LogP contribution in [0.4, 0.5) is 34.3 Å². The second-order valence-corrected chi connectivity index (χ2v) is 12.8. The summed E-state index contributed by atoms with van der Waals surface area (Å²) in [7, 11) is 0. The van der Waals surface area contributed by atoms with Gasteiger partial charge < -0.3 is 4.90 Å². The Labute approximate surface area is 284 Å². The number of aromatic nitrogens is 2. The first-order valence-corrected chi connectivity index (χ1v) is 16.5. The smallest absolute Gasteiger partial charge is 0.161 e. The minimum atomic E-state index is 0.692. The van der Waals surface area contributed by atoms with Crippen molar-refractivity contribution in [2.75, 3.05) is 9.80 Å². The van der Waals surface area contributed by atoms with Gasteiger partial charge in [0.05, 0.1) is 11.4 Å². The van der Waals surface area contributed by atoms with Gasteiger partial charge in [-0.2, -0.15) is 0 Å². The van der Waals surface area contributed by atoms with Gasteiger partial charge in [0.25, 0.3) is 0 Å². The van der Waals surface area contributed by atoms with Gasteiger partial charge in [-0.3, -0.25) is 4.90 Å². The van der Waals surface area contributed by atoms with E-state index in [1.807, 2.05) is 42.6 Å². The molecule has 7 aromatic rings. The van der Waals surface area contributed by atoms with Crippen molar-refractivity contribution in [3.63, 3.8) is 0 Å². The van der Waals surface area contributed by atoms with E-state index in [4.69, 9.17) is 4.98 Å². The molecule has 0 atom stereocenters. The minimum Gasteiger partial charge on any atom is -0.309 e. The molecule has 4 heteroatoms. The Morgan fingerprint density at radius 3 is 1.52 bits per heavy atom. The molecule has 7 rings (SSSR count). The van der Waals surface area contributed by atoms with Gasteiger partial charge in [-0.05, 0) is 117 Å². The van der Waals surface area contributed by atoms with E-state index in [1.165, 1.54) is 55.5 Å². The number of hydrogen-bond donors (Lipinski definition) is 0. The number of hydrogen-bond acceptors (Lipinski definition) is 4. The monoisotopic (exact) mass is 624 g/mol. The highest BCUT2D eigenvalue weighted by molar-refractivity contribution is 5.90. The molecule has 0 aliphatic rings. The van der Waals surface area contributed by atoms with Crippen LogP contribution in [-0.2, 0) is 0 Å². The third-order valence-corrected chi connectivity index (χ3v) is 8.98. The zero-order valence-electron chi connectivity index (χ0n) is 28.5. The maximum Gasteiger partial charge on any atom is 0.161 e. The Hall–Kier alpha value is -5.74. The molecule has 0 aliphatic heterocycles. The normalized spacial score (nSPS) is 11.1. The molecule has 0 radical (unpaired) electrons. The lowest BCUT2D eigenvalue weighted by Crippen LogP contribution is -2.16. The predicted octanol–water partition coefficient (Wildman–Crippen LogP) is 12.1. The van der Waals surface area contributed by atoms with Crippen molar-refractivity contribution < 1.29 is 0 Å². The van der Waals surface area contributed by atoms with E-state index in [2.05, 4.69) is 147 Å². The van der Waals surface area contributed by atoms with Crippen molar-refractivity contribution in [1.82, 2.24) is 9.97 Å². The topological polar surface area (TPSA) is 32.3 Å². The average Bonchev–Trinajstić information content (AvgIpc) is 3.08. The zero-order chi connectivity index (χ0) is 33.4. The molecule has 0 unspecified atom stereocenters. The van der Waals surface area contributed by atoms with E-state index in [1.54, 1.807) is 0 Å². The van der Waals surface area contributed by atoms with Crippen LogP contribution in [0.15, 0.2) is 134 Å². The van der Waals surface area contributed by atoms with E-state index in [9.17, 15) is 0 Å². The van der Waals surface area contributed by atoms with Crippen LogP contribution < -0.4 is 9.80 Å². The summed E-state index contributed by atoms with van der Waals surface area (Å²) in [6, 6.07) is 45.2. The molecule has 4 nitrogen and oxygen atoms in total. The van der Waals surface area contributed by atoms with E-state index < -0.39 is 0 Å². The van der Waals surface area contributed by atoms with Gasteiger partial charge in [0.15, 0.2) is 5.82 Å². The Morgan fingerprint density at radius 1 is 0.438 bits per heavy atom. The molecule has 6 aromatic carbocycles. The first kappa shape index (κ1) is 30.9. The lowest BCUT2D eigenvalue weighted by Gasteiger charge is -2.32. The number of fused-ring (bicyclic) bond motifs is 1. The molecule has 0 aliphatic carbocycles. The van der Waals surface area contributed by atoms with Crippen molar-refractivity contribution in [2.45, 2.75) is 41.5 Å². The van der Waals surface area contributed by atoms with E-state index in [-0.39, 0.29) is 0 Å². The first-order valence-electron chi connectivity index (χ1n) is 16.5. The summed E-state index contributed by atoms with van der Waals surface area (Å²) in [5, 5.41) is 2.38. The third kappa shape index (κ3) is 5.93. The van der Waals surface area contributed by atoms with Gasteiger partial charge in [-0.25, -0.2) is 9.97 Å². The SMILES string of the molecule is Cc1cc(C)c(N(c2ccc(N(c3ccc4ccccc4c3)c3ccnc(-c4ccccc4)n3)cc2)c2c(C)cc(C)cc2C)c(C)c1. The summed E-state index contributed by atoms with van der Waals surface area (Å²) in [6.07, 6.45) is 1.85. The number of benzene rings is 6. The Bertz CT molecular complexity index is 2150. The minimum absolute atomic E-state index is 0.692. The maximum absolute atomic E-state index is 5.10. The molecule has 48 heavy (non-hydrogen) atoms. The summed E-state index contributed by atoms with van der Waals surface area (Å²) < 4.78 is 0. The summed E-state index contributed by atoms with van der Waals surface area (Å²) in [6.45, 7) is 13.2. The highest BCUT2D eigenvalue weighted by atomic mass is 15.2. The second kappa shape index (κ2) is 12.8. The van der Waals surface area contributed by atoms with Crippen LogP contribution in [0.3, 0.4) is 0 Å². The van der Waals surface area contributed by atoms with E-state index in [0.29, 0.717) is 5.82 Å². The third-order valence-electron chi connectivity index (χ3n) is 8.98. The van der Waals surface area contributed by atoms with Gasteiger partial charge in [-0.1, -0.05) is 96.1 Å². The average molecular weight is 625 g/mol. The standard InChI is InChI=1S/C44H40N4/c1-29-24-31(3)42(32(4)25-29)48(43-33(5)26-30(2)27-34(43)6)39-20-18-38(19-21-39)47(40-17-16-35-12-10-11-15-37(35)28-40)41-22-23-45-44(46-41)36-13-8-7-9-14-36/h7-28H,1-6H3. The molecule has 236 valence electrons. The molecule has 0 saturated heterocycles.